The molecule has 0 aliphatic rings. The number of benzene rings is 1. The number of carbonyl (C=O) groups excluding carboxylic acids is 1. The first kappa shape index (κ1) is 15.0. The molecule has 0 bridgehead atoms. The fourth-order valence-corrected chi connectivity index (χ4v) is 2.57. The second kappa shape index (κ2) is 5.72. The molecule has 1 aromatic carbocycles. The van der Waals surface area contributed by atoms with Gasteiger partial charge in [0.2, 0.25) is 0 Å². The highest BCUT2D eigenvalue weighted by atomic mass is 16.2. The Labute approximate surface area is 133 Å². The van der Waals surface area contributed by atoms with Crippen LogP contribution in [-0.4, -0.2) is 32.4 Å². The maximum Gasteiger partial charge on any atom is 0.259 e. The molecule has 0 aliphatic carbocycles. The van der Waals surface area contributed by atoms with Gasteiger partial charge in [0.25, 0.3) is 5.91 Å². The molecule has 118 valence electrons. The molecule has 0 radical (unpaired) electrons. The number of nitrogens with one attached hydrogen (secondary N) is 1. The number of pyridine rings is 1. The van der Waals surface area contributed by atoms with E-state index >= 15 is 0 Å². The van der Waals surface area contributed by atoms with Gasteiger partial charge in [-0.15, -0.1) is 0 Å². The second-order valence-electron chi connectivity index (χ2n) is 5.63. The van der Waals surface area contributed by atoms with Crippen LogP contribution in [0.15, 0.2) is 41.3 Å². The lowest BCUT2D eigenvalue weighted by Crippen LogP contribution is -2.31. The molecule has 3 aromatic rings. The van der Waals surface area contributed by atoms with Crippen LogP contribution in [-0.2, 0) is 13.6 Å². The number of fused-ring (bicyclic) bond motifs is 1. The minimum absolute atomic E-state index is 0.136. The van der Waals surface area contributed by atoms with Gasteiger partial charge in [-0.2, -0.15) is 0 Å². The van der Waals surface area contributed by atoms with Crippen LogP contribution in [0.2, 0.25) is 0 Å². The van der Waals surface area contributed by atoms with E-state index in [2.05, 4.69) is 9.97 Å². The number of imidazole rings is 1. The van der Waals surface area contributed by atoms with Crippen LogP contribution in [0.3, 0.4) is 0 Å². The van der Waals surface area contributed by atoms with Crippen LogP contribution >= 0.6 is 0 Å². The molecule has 6 heteroatoms. The van der Waals surface area contributed by atoms with Crippen molar-refractivity contribution < 1.29 is 4.79 Å². The van der Waals surface area contributed by atoms with E-state index in [1.807, 2.05) is 35.9 Å². The van der Waals surface area contributed by atoms with E-state index in [0.29, 0.717) is 6.54 Å². The smallest absolute Gasteiger partial charge is 0.259 e. The summed E-state index contributed by atoms with van der Waals surface area (Å²) in [6, 6.07) is 9.23. The summed E-state index contributed by atoms with van der Waals surface area (Å²) in [7, 11) is 3.59. The SMILES string of the molecule is Cc1cc(=O)c(C(=O)N(C)Cc2nc3ccccc3n2C)c[nH]1. The van der Waals surface area contributed by atoms with Crippen molar-refractivity contribution >= 4 is 16.9 Å². The summed E-state index contributed by atoms with van der Waals surface area (Å²) in [4.78, 5) is 33.4. The number of para-hydroxylation sites is 2. The Hall–Kier alpha value is -2.89. The summed E-state index contributed by atoms with van der Waals surface area (Å²) >= 11 is 0. The molecular formula is C17H18N4O2. The molecule has 0 spiro atoms. The topological polar surface area (TPSA) is 71.0 Å². The highest BCUT2D eigenvalue weighted by Crippen LogP contribution is 2.15. The third-order valence-corrected chi connectivity index (χ3v) is 3.89. The zero-order chi connectivity index (χ0) is 16.6. The van der Waals surface area contributed by atoms with Crippen molar-refractivity contribution in [1.82, 2.24) is 19.4 Å². The fraction of sp³-hybridized carbons (Fsp3) is 0.235. The van der Waals surface area contributed by atoms with Crippen LogP contribution in [0.25, 0.3) is 11.0 Å². The number of H-pyrrole nitrogens is 1. The first-order chi connectivity index (χ1) is 11.0. The Balaban J connectivity index is 1.88. The Morgan fingerprint density at radius 2 is 2.09 bits per heavy atom. The van der Waals surface area contributed by atoms with E-state index < -0.39 is 0 Å². The molecule has 3 rings (SSSR count). The number of aryl methyl sites for hydroxylation is 2. The number of amides is 1. The van der Waals surface area contributed by atoms with Gasteiger partial charge in [0.15, 0.2) is 5.43 Å². The molecular weight excluding hydrogens is 292 g/mol. The predicted octanol–water partition coefficient (Wildman–Crippen LogP) is 1.84. The quantitative estimate of drug-likeness (QED) is 0.802. The van der Waals surface area contributed by atoms with Crippen molar-refractivity contribution in [3.8, 4) is 0 Å². The molecule has 23 heavy (non-hydrogen) atoms. The molecule has 2 heterocycles. The summed E-state index contributed by atoms with van der Waals surface area (Å²) in [5.41, 5.74) is 2.49. The molecule has 2 aromatic heterocycles. The minimum Gasteiger partial charge on any atom is -0.364 e. The standard InChI is InChI=1S/C17H18N4O2/c1-11-8-15(22)12(9-18-11)17(23)20(2)10-16-19-13-6-4-5-7-14(13)21(16)3/h4-9H,10H2,1-3H3,(H,18,22). The zero-order valence-electron chi connectivity index (χ0n) is 13.3. The van der Waals surface area contributed by atoms with Gasteiger partial charge in [-0.3, -0.25) is 9.59 Å². The summed E-state index contributed by atoms with van der Waals surface area (Å²) in [5, 5.41) is 0. The van der Waals surface area contributed by atoms with Gasteiger partial charge in [-0.05, 0) is 19.1 Å². The average molecular weight is 310 g/mol. The maximum atomic E-state index is 12.5. The third kappa shape index (κ3) is 2.75. The van der Waals surface area contributed by atoms with Crippen molar-refractivity contribution in [3.05, 3.63) is 63.8 Å². The van der Waals surface area contributed by atoms with Crippen LogP contribution in [0.1, 0.15) is 21.9 Å². The molecule has 0 fully saturated rings. The van der Waals surface area contributed by atoms with E-state index in [-0.39, 0.29) is 16.9 Å². The first-order valence-corrected chi connectivity index (χ1v) is 7.32. The van der Waals surface area contributed by atoms with E-state index in [1.165, 1.54) is 17.2 Å². The molecule has 6 nitrogen and oxygen atoms in total. The Bertz CT molecular complexity index is 939. The van der Waals surface area contributed by atoms with Crippen molar-refractivity contribution in [3.63, 3.8) is 0 Å². The minimum atomic E-state index is -0.321. The monoisotopic (exact) mass is 310 g/mol. The molecule has 0 atom stereocenters. The summed E-state index contributed by atoms with van der Waals surface area (Å²) in [5.74, 6) is 0.448. The number of nitrogens with zero attached hydrogens (tertiary/aromatic N) is 3. The molecule has 0 saturated carbocycles. The Morgan fingerprint density at radius 1 is 1.35 bits per heavy atom. The van der Waals surface area contributed by atoms with Crippen LogP contribution in [0.4, 0.5) is 0 Å². The Morgan fingerprint density at radius 3 is 2.78 bits per heavy atom. The normalized spacial score (nSPS) is 10.9. The molecule has 1 N–H and O–H groups in total. The lowest BCUT2D eigenvalue weighted by Gasteiger charge is -2.16. The van der Waals surface area contributed by atoms with Crippen molar-refractivity contribution in [2.75, 3.05) is 7.05 Å². The molecule has 0 aliphatic heterocycles. The van der Waals surface area contributed by atoms with Gasteiger partial charge < -0.3 is 14.5 Å². The molecule has 1 amide bonds. The second-order valence-corrected chi connectivity index (χ2v) is 5.63. The van der Waals surface area contributed by atoms with Gasteiger partial charge in [0.05, 0.1) is 17.6 Å². The molecule has 0 unspecified atom stereocenters. The van der Waals surface area contributed by atoms with Gasteiger partial charge in [-0.25, -0.2) is 4.98 Å². The van der Waals surface area contributed by atoms with E-state index in [9.17, 15) is 9.59 Å². The predicted molar refractivity (Wildman–Crippen MR) is 88.3 cm³/mol. The average Bonchev–Trinajstić information content (AvgIpc) is 2.83. The number of hydrogen-bond acceptors (Lipinski definition) is 3. The summed E-state index contributed by atoms with van der Waals surface area (Å²) in [6.07, 6.45) is 1.46. The number of aromatic amines is 1. The van der Waals surface area contributed by atoms with Crippen molar-refractivity contribution in [2.45, 2.75) is 13.5 Å². The molecule has 0 saturated heterocycles. The summed E-state index contributed by atoms with van der Waals surface area (Å²) < 4.78 is 1.96. The van der Waals surface area contributed by atoms with Gasteiger partial charge >= 0.3 is 0 Å². The van der Waals surface area contributed by atoms with E-state index in [4.69, 9.17) is 0 Å². The lowest BCUT2D eigenvalue weighted by atomic mass is 10.2. The van der Waals surface area contributed by atoms with Gasteiger partial charge in [0.1, 0.15) is 11.4 Å². The van der Waals surface area contributed by atoms with Crippen molar-refractivity contribution in [2.24, 2.45) is 7.05 Å². The lowest BCUT2D eigenvalue weighted by molar-refractivity contribution is 0.0779. The number of hydrogen-bond donors (Lipinski definition) is 1. The first-order valence-electron chi connectivity index (χ1n) is 7.32. The van der Waals surface area contributed by atoms with E-state index in [1.54, 1.807) is 14.0 Å². The van der Waals surface area contributed by atoms with Crippen LogP contribution in [0.5, 0.6) is 0 Å². The van der Waals surface area contributed by atoms with Crippen LogP contribution in [0, 0.1) is 6.92 Å². The Kier molecular flexibility index (Phi) is 3.73. The van der Waals surface area contributed by atoms with Gasteiger partial charge in [-0.1, -0.05) is 12.1 Å². The third-order valence-electron chi connectivity index (χ3n) is 3.89. The maximum absolute atomic E-state index is 12.5. The van der Waals surface area contributed by atoms with Crippen LogP contribution < -0.4 is 5.43 Å². The number of carbonyl (C=O) groups is 1. The fourth-order valence-electron chi connectivity index (χ4n) is 2.57. The number of rotatable bonds is 3. The van der Waals surface area contributed by atoms with E-state index in [0.717, 1.165) is 22.6 Å². The summed E-state index contributed by atoms with van der Waals surface area (Å²) in [6.45, 7) is 2.11. The number of aromatic nitrogens is 3. The highest BCUT2D eigenvalue weighted by Gasteiger charge is 2.18. The van der Waals surface area contributed by atoms with Crippen molar-refractivity contribution in [1.29, 1.82) is 0 Å². The largest absolute Gasteiger partial charge is 0.364 e. The highest BCUT2D eigenvalue weighted by molar-refractivity contribution is 5.93. The zero-order valence-corrected chi connectivity index (χ0v) is 13.3. The van der Waals surface area contributed by atoms with Gasteiger partial charge in [0, 0.05) is 32.1 Å².